The van der Waals surface area contributed by atoms with Gasteiger partial charge in [-0.25, -0.2) is 4.98 Å². The Labute approximate surface area is 143 Å². The van der Waals surface area contributed by atoms with E-state index in [1.54, 1.807) is 12.1 Å². The Balaban J connectivity index is 1.41. The van der Waals surface area contributed by atoms with Crippen LogP contribution >= 0.6 is 0 Å². The van der Waals surface area contributed by atoms with Crippen molar-refractivity contribution in [1.82, 2.24) is 9.97 Å². The highest BCUT2D eigenvalue weighted by Crippen LogP contribution is 2.16. The second-order valence-electron chi connectivity index (χ2n) is 5.42. The Bertz CT molecular complexity index is 972. The van der Waals surface area contributed by atoms with Gasteiger partial charge in [0.25, 0.3) is 5.91 Å². The third-order valence-corrected chi connectivity index (χ3v) is 3.63. The molecule has 0 aliphatic heterocycles. The van der Waals surface area contributed by atoms with Crippen LogP contribution in [0.15, 0.2) is 71.1 Å². The van der Waals surface area contributed by atoms with Crippen LogP contribution in [-0.4, -0.2) is 15.9 Å². The molecule has 0 aliphatic rings. The number of aromatic nitrogens is 2. The first-order valence-corrected chi connectivity index (χ1v) is 7.80. The number of nitrogens with one attached hydrogen (secondary N) is 2. The number of H-pyrrole nitrogens is 1. The van der Waals surface area contributed by atoms with Crippen LogP contribution in [0.4, 0.5) is 5.95 Å². The van der Waals surface area contributed by atoms with Crippen LogP contribution in [0.25, 0.3) is 11.0 Å². The Kier molecular flexibility index (Phi) is 3.92. The summed E-state index contributed by atoms with van der Waals surface area (Å²) in [6.45, 7) is 0.252. The zero-order chi connectivity index (χ0) is 17.1. The maximum Gasteiger partial charge on any atom is 0.293 e. The van der Waals surface area contributed by atoms with Crippen molar-refractivity contribution in [1.29, 1.82) is 0 Å². The summed E-state index contributed by atoms with van der Waals surface area (Å²) in [7, 11) is 0. The van der Waals surface area contributed by atoms with E-state index in [-0.39, 0.29) is 18.3 Å². The van der Waals surface area contributed by atoms with Gasteiger partial charge in [0, 0.05) is 0 Å². The lowest BCUT2D eigenvalue weighted by Crippen LogP contribution is -2.12. The molecule has 1 amide bonds. The fourth-order valence-corrected chi connectivity index (χ4v) is 2.43. The third kappa shape index (κ3) is 3.37. The third-order valence-electron chi connectivity index (χ3n) is 3.63. The highest BCUT2D eigenvalue weighted by atomic mass is 16.5. The van der Waals surface area contributed by atoms with Crippen molar-refractivity contribution in [3.8, 4) is 5.75 Å². The van der Waals surface area contributed by atoms with E-state index in [2.05, 4.69) is 15.3 Å². The van der Waals surface area contributed by atoms with E-state index in [0.29, 0.717) is 11.7 Å². The molecule has 25 heavy (non-hydrogen) atoms. The van der Waals surface area contributed by atoms with Crippen molar-refractivity contribution in [2.75, 3.05) is 5.32 Å². The van der Waals surface area contributed by atoms with E-state index in [0.717, 1.165) is 16.8 Å². The summed E-state index contributed by atoms with van der Waals surface area (Å²) < 4.78 is 11.1. The van der Waals surface area contributed by atoms with E-state index in [4.69, 9.17) is 9.15 Å². The van der Waals surface area contributed by atoms with Crippen molar-refractivity contribution in [3.05, 3.63) is 78.3 Å². The van der Waals surface area contributed by atoms with Gasteiger partial charge >= 0.3 is 0 Å². The predicted octanol–water partition coefficient (Wildman–Crippen LogP) is 3.99. The molecule has 0 radical (unpaired) electrons. The minimum absolute atomic E-state index is 0.201. The van der Waals surface area contributed by atoms with Crippen LogP contribution in [0, 0.1) is 0 Å². The monoisotopic (exact) mass is 333 g/mol. The molecule has 0 saturated heterocycles. The number of rotatable bonds is 5. The van der Waals surface area contributed by atoms with Gasteiger partial charge in [-0.15, -0.1) is 0 Å². The van der Waals surface area contributed by atoms with Crippen LogP contribution in [0.5, 0.6) is 5.75 Å². The molecule has 0 atom stereocenters. The summed E-state index contributed by atoms with van der Waals surface area (Å²) in [5.41, 5.74) is 1.64. The van der Waals surface area contributed by atoms with Gasteiger partial charge in [-0.2, -0.15) is 0 Å². The molecule has 6 heteroatoms. The number of hydrogen-bond donors (Lipinski definition) is 2. The molecule has 2 aromatic carbocycles. The zero-order valence-corrected chi connectivity index (χ0v) is 13.2. The minimum atomic E-state index is -0.370. The van der Waals surface area contributed by atoms with Crippen LogP contribution in [0.1, 0.15) is 16.3 Å². The lowest BCUT2D eigenvalue weighted by Gasteiger charge is -2.03. The summed E-state index contributed by atoms with van der Waals surface area (Å²) in [6, 6.07) is 20.3. The van der Waals surface area contributed by atoms with Crippen molar-refractivity contribution in [2.45, 2.75) is 6.61 Å². The highest BCUT2D eigenvalue weighted by molar-refractivity contribution is 6.01. The average Bonchev–Trinajstić information content (AvgIpc) is 3.27. The first-order chi connectivity index (χ1) is 12.3. The van der Waals surface area contributed by atoms with Crippen molar-refractivity contribution in [3.63, 3.8) is 0 Å². The number of amides is 1. The number of para-hydroxylation sites is 3. The molecule has 0 bridgehead atoms. The molecule has 124 valence electrons. The fourth-order valence-electron chi connectivity index (χ4n) is 2.43. The van der Waals surface area contributed by atoms with Crippen molar-refractivity contribution >= 4 is 22.9 Å². The van der Waals surface area contributed by atoms with Crippen molar-refractivity contribution < 1.29 is 13.9 Å². The smallest absolute Gasteiger partial charge is 0.293 e. The molecular weight excluding hydrogens is 318 g/mol. The Morgan fingerprint density at radius 3 is 2.68 bits per heavy atom. The standard InChI is InChI=1S/C19H15N3O3/c23-18(22-19-20-15-8-4-5-9-16(15)21-19)17-11-10-14(25-17)12-24-13-6-2-1-3-7-13/h1-11H,12H2,(H2,20,21,22,23). The summed E-state index contributed by atoms with van der Waals surface area (Å²) in [4.78, 5) is 19.6. The van der Waals surface area contributed by atoms with Crippen LogP contribution < -0.4 is 10.1 Å². The number of ether oxygens (including phenoxy) is 1. The zero-order valence-electron chi connectivity index (χ0n) is 13.2. The van der Waals surface area contributed by atoms with Crippen LogP contribution in [0.2, 0.25) is 0 Å². The number of imidazole rings is 1. The number of hydrogen-bond acceptors (Lipinski definition) is 4. The summed E-state index contributed by atoms with van der Waals surface area (Å²) in [6.07, 6.45) is 0. The Hall–Kier alpha value is -3.54. The normalized spacial score (nSPS) is 10.7. The van der Waals surface area contributed by atoms with Gasteiger partial charge in [0.05, 0.1) is 11.0 Å². The van der Waals surface area contributed by atoms with Crippen molar-refractivity contribution in [2.24, 2.45) is 0 Å². The first-order valence-electron chi connectivity index (χ1n) is 7.80. The molecule has 6 nitrogen and oxygen atoms in total. The molecule has 2 heterocycles. The largest absolute Gasteiger partial charge is 0.486 e. The topological polar surface area (TPSA) is 80.2 Å². The van der Waals surface area contributed by atoms with E-state index >= 15 is 0 Å². The lowest BCUT2D eigenvalue weighted by molar-refractivity contribution is 0.0992. The van der Waals surface area contributed by atoms with Gasteiger partial charge in [-0.3, -0.25) is 10.1 Å². The van der Waals surface area contributed by atoms with Crippen LogP contribution in [-0.2, 0) is 6.61 Å². The Morgan fingerprint density at radius 1 is 1.04 bits per heavy atom. The van der Waals surface area contributed by atoms with E-state index in [9.17, 15) is 4.79 Å². The molecule has 2 N–H and O–H groups in total. The number of fused-ring (bicyclic) bond motifs is 1. The molecule has 4 rings (SSSR count). The average molecular weight is 333 g/mol. The van der Waals surface area contributed by atoms with Gasteiger partial charge in [-0.05, 0) is 36.4 Å². The summed E-state index contributed by atoms with van der Waals surface area (Å²) >= 11 is 0. The van der Waals surface area contributed by atoms with E-state index in [1.807, 2.05) is 54.6 Å². The second kappa shape index (κ2) is 6.52. The highest BCUT2D eigenvalue weighted by Gasteiger charge is 2.13. The molecule has 4 aromatic rings. The minimum Gasteiger partial charge on any atom is -0.486 e. The molecule has 2 aromatic heterocycles. The van der Waals surface area contributed by atoms with Crippen LogP contribution in [0.3, 0.4) is 0 Å². The predicted molar refractivity (Wildman–Crippen MR) is 93.5 cm³/mol. The molecule has 0 spiro atoms. The van der Waals surface area contributed by atoms with E-state index in [1.165, 1.54) is 0 Å². The number of nitrogens with zero attached hydrogens (tertiary/aromatic N) is 1. The van der Waals surface area contributed by atoms with Gasteiger partial charge in [0.2, 0.25) is 5.95 Å². The molecular formula is C19H15N3O3. The lowest BCUT2D eigenvalue weighted by atomic mass is 10.3. The number of anilines is 1. The molecule has 0 unspecified atom stereocenters. The van der Waals surface area contributed by atoms with Gasteiger partial charge < -0.3 is 14.1 Å². The number of carbonyl (C=O) groups is 1. The second-order valence-corrected chi connectivity index (χ2v) is 5.42. The number of aromatic amines is 1. The Morgan fingerprint density at radius 2 is 1.84 bits per heavy atom. The molecule has 0 aliphatic carbocycles. The molecule has 0 saturated carbocycles. The molecule has 0 fully saturated rings. The number of furan rings is 1. The summed E-state index contributed by atoms with van der Waals surface area (Å²) in [5, 5.41) is 2.69. The quantitative estimate of drug-likeness (QED) is 0.579. The number of carbonyl (C=O) groups excluding carboxylic acids is 1. The maximum absolute atomic E-state index is 12.3. The van der Waals surface area contributed by atoms with E-state index < -0.39 is 0 Å². The number of benzene rings is 2. The summed E-state index contributed by atoms with van der Waals surface area (Å²) in [5.74, 6) is 1.52. The van der Waals surface area contributed by atoms with Gasteiger partial charge in [0.1, 0.15) is 18.1 Å². The first kappa shape index (κ1) is 15.0. The fraction of sp³-hybridized carbons (Fsp3) is 0.0526. The SMILES string of the molecule is O=C(Nc1nc2ccccc2[nH]1)c1ccc(COc2ccccc2)o1. The maximum atomic E-state index is 12.3. The van der Waals surface area contributed by atoms with Gasteiger partial charge in [-0.1, -0.05) is 30.3 Å². The van der Waals surface area contributed by atoms with Gasteiger partial charge in [0.15, 0.2) is 5.76 Å².